The monoisotopic (exact) mass is 215 g/mol. The van der Waals surface area contributed by atoms with Crippen molar-refractivity contribution in [3.05, 3.63) is 29.8 Å². The number of anilines is 2. The number of hydrogen-bond acceptors (Lipinski definition) is 4. The Balaban J connectivity index is 2.18. The molecule has 2 N–H and O–H groups in total. The molecule has 0 radical (unpaired) electrons. The van der Waals surface area contributed by atoms with Gasteiger partial charge in [-0.1, -0.05) is 23.4 Å². The number of nitrogen functional groups attached to an aromatic ring is 1. The molecule has 0 saturated carbocycles. The minimum absolute atomic E-state index is 0.355. The fourth-order valence-electron chi connectivity index (χ4n) is 2.27. The zero-order valence-corrected chi connectivity index (χ0v) is 9.10. The van der Waals surface area contributed by atoms with Crippen LogP contribution in [-0.2, 0) is 6.42 Å². The van der Waals surface area contributed by atoms with Gasteiger partial charge in [0, 0.05) is 30.9 Å². The van der Waals surface area contributed by atoms with E-state index in [-0.39, 0.29) is 0 Å². The molecule has 0 amide bonds. The lowest BCUT2D eigenvalue weighted by Gasteiger charge is -2.15. The molecule has 82 valence electrons. The lowest BCUT2D eigenvalue weighted by atomic mass is 10.0. The number of likely N-dealkylation sites (N-methyl/N-ethyl adjacent to an activating group) is 1. The van der Waals surface area contributed by atoms with E-state index in [0.29, 0.717) is 5.88 Å². The van der Waals surface area contributed by atoms with Crippen molar-refractivity contribution in [1.29, 1.82) is 0 Å². The van der Waals surface area contributed by atoms with E-state index in [2.05, 4.69) is 35.3 Å². The summed E-state index contributed by atoms with van der Waals surface area (Å²) >= 11 is 0. The second kappa shape index (κ2) is 3.27. The normalized spacial score (nSPS) is 14.2. The molecule has 16 heavy (non-hydrogen) atoms. The van der Waals surface area contributed by atoms with Crippen molar-refractivity contribution >= 4 is 11.6 Å². The van der Waals surface area contributed by atoms with Gasteiger partial charge in [-0.2, -0.15) is 0 Å². The summed E-state index contributed by atoms with van der Waals surface area (Å²) in [6.07, 6.45) is 1.09. The smallest absolute Gasteiger partial charge is 0.222 e. The van der Waals surface area contributed by atoms with Crippen LogP contribution in [0.3, 0.4) is 0 Å². The van der Waals surface area contributed by atoms with Crippen LogP contribution in [-0.4, -0.2) is 18.7 Å². The first-order chi connectivity index (χ1) is 7.75. The summed E-state index contributed by atoms with van der Waals surface area (Å²) in [7, 11) is 2.10. The molecular weight excluding hydrogens is 202 g/mol. The SMILES string of the molecule is CN1CCc2cccc(-c3cc(N)on3)c21. The van der Waals surface area contributed by atoms with E-state index in [0.717, 1.165) is 24.2 Å². The summed E-state index contributed by atoms with van der Waals surface area (Å²) in [6.45, 7) is 1.06. The Hall–Kier alpha value is -1.97. The van der Waals surface area contributed by atoms with Gasteiger partial charge in [-0.05, 0) is 12.0 Å². The van der Waals surface area contributed by atoms with Crippen LogP contribution in [0.2, 0.25) is 0 Å². The highest BCUT2D eigenvalue weighted by Gasteiger charge is 2.21. The molecule has 0 saturated heterocycles. The Kier molecular flexibility index (Phi) is 1.89. The van der Waals surface area contributed by atoms with Crippen molar-refractivity contribution in [3.63, 3.8) is 0 Å². The van der Waals surface area contributed by atoms with Crippen LogP contribution >= 0.6 is 0 Å². The maximum atomic E-state index is 5.55. The van der Waals surface area contributed by atoms with E-state index in [9.17, 15) is 0 Å². The Bertz CT molecular complexity index is 533. The molecule has 1 aliphatic heterocycles. The van der Waals surface area contributed by atoms with E-state index in [1.54, 1.807) is 6.07 Å². The van der Waals surface area contributed by atoms with E-state index in [4.69, 9.17) is 10.3 Å². The van der Waals surface area contributed by atoms with Crippen LogP contribution in [0.15, 0.2) is 28.8 Å². The van der Waals surface area contributed by atoms with E-state index < -0.39 is 0 Å². The first-order valence-electron chi connectivity index (χ1n) is 5.31. The number of para-hydroxylation sites is 1. The zero-order valence-electron chi connectivity index (χ0n) is 9.10. The molecule has 0 unspecified atom stereocenters. The van der Waals surface area contributed by atoms with Crippen molar-refractivity contribution in [2.75, 3.05) is 24.2 Å². The third kappa shape index (κ3) is 1.26. The van der Waals surface area contributed by atoms with Crippen LogP contribution in [0.1, 0.15) is 5.56 Å². The van der Waals surface area contributed by atoms with E-state index in [1.807, 2.05) is 0 Å². The molecule has 1 aromatic carbocycles. The molecule has 1 aliphatic rings. The van der Waals surface area contributed by atoms with Gasteiger partial charge in [-0.3, -0.25) is 0 Å². The van der Waals surface area contributed by atoms with Crippen LogP contribution in [0.5, 0.6) is 0 Å². The predicted octanol–water partition coefficient (Wildman–Crippen LogP) is 1.92. The summed E-state index contributed by atoms with van der Waals surface area (Å²) in [5, 5.41) is 3.97. The lowest BCUT2D eigenvalue weighted by Crippen LogP contribution is -2.13. The maximum Gasteiger partial charge on any atom is 0.222 e. The van der Waals surface area contributed by atoms with Gasteiger partial charge in [-0.15, -0.1) is 0 Å². The van der Waals surface area contributed by atoms with Crippen molar-refractivity contribution in [2.24, 2.45) is 0 Å². The van der Waals surface area contributed by atoms with Crippen molar-refractivity contribution in [2.45, 2.75) is 6.42 Å². The summed E-state index contributed by atoms with van der Waals surface area (Å²) < 4.78 is 4.92. The molecule has 0 bridgehead atoms. The Morgan fingerprint density at radius 2 is 2.31 bits per heavy atom. The van der Waals surface area contributed by atoms with Crippen LogP contribution < -0.4 is 10.6 Å². The Labute approximate surface area is 93.6 Å². The second-order valence-electron chi connectivity index (χ2n) is 4.10. The highest BCUT2D eigenvalue weighted by atomic mass is 16.5. The minimum atomic E-state index is 0.355. The molecule has 0 fully saturated rings. The van der Waals surface area contributed by atoms with Crippen LogP contribution in [0.4, 0.5) is 11.6 Å². The highest BCUT2D eigenvalue weighted by molar-refractivity contribution is 5.81. The molecule has 0 aliphatic carbocycles. The third-order valence-corrected chi connectivity index (χ3v) is 3.02. The minimum Gasteiger partial charge on any atom is -0.373 e. The number of hydrogen-bond donors (Lipinski definition) is 1. The molecule has 0 atom stereocenters. The standard InChI is InChI=1S/C12H13N3O/c1-15-6-5-8-3-2-4-9(12(8)15)10-7-11(13)16-14-10/h2-4,7H,5-6,13H2,1H3. The Morgan fingerprint density at radius 3 is 3.06 bits per heavy atom. The topological polar surface area (TPSA) is 55.3 Å². The van der Waals surface area contributed by atoms with Gasteiger partial charge < -0.3 is 15.2 Å². The summed E-state index contributed by atoms with van der Waals surface area (Å²) in [5.41, 5.74) is 10.1. The van der Waals surface area contributed by atoms with Gasteiger partial charge in [0.25, 0.3) is 0 Å². The van der Waals surface area contributed by atoms with Gasteiger partial charge in [0.05, 0.1) is 0 Å². The molecule has 4 nitrogen and oxygen atoms in total. The van der Waals surface area contributed by atoms with E-state index >= 15 is 0 Å². The van der Waals surface area contributed by atoms with Crippen LogP contribution in [0, 0.1) is 0 Å². The first kappa shape index (κ1) is 9.27. The number of nitrogens with zero attached hydrogens (tertiary/aromatic N) is 2. The first-order valence-corrected chi connectivity index (χ1v) is 5.31. The third-order valence-electron chi connectivity index (χ3n) is 3.02. The van der Waals surface area contributed by atoms with Crippen molar-refractivity contribution < 1.29 is 4.52 Å². The van der Waals surface area contributed by atoms with Gasteiger partial charge in [-0.25, -0.2) is 0 Å². The zero-order chi connectivity index (χ0) is 11.1. The van der Waals surface area contributed by atoms with Crippen LogP contribution in [0.25, 0.3) is 11.3 Å². The molecule has 4 heteroatoms. The quantitative estimate of drug-likeness (QED) is 0.789. The summed E-state index contributed by atoms with van der Waals surface area (Å²) in [4.78, 5) is 2.25. The number of aromatic nitrogens is 1. The van der Waals surface area contributed by atoms with Gasteiger partial charge >= 0.3 is 0 Å². The van der Waals surface area contributed by atoms with Crippen molar-refractivity contribution in [1.82, 2.24) is 5.16 Å². The second-order valence-corrected chi connectivity index (χ2v) is 4.10. The number of nitrogens with two attached hydrogens (primary N) is 1. The van der Waals surface area contributed by atoms with Crippen molar-refractivity contribution in [3.8, 4) is 11.3 Å². The number of benzene rings is 1. The molecule has 1 aromatic heterocycles. The number of fused-ring (bicyclic) bond motifs is 1. The van der Waals surface area contributed by atoms with Gasteiger partial charge in [0.15, 0.2) is 0 Å². The predicted molar refractivity (Wildman–Crippen MR) is 63.3 cm³/mol. The maximum absolute atomic E-state index is 5.55. The fraction of sp³-hybridized carbons (Fsp3) is 0.250. The van der Waals surface area contributed by atoms with E-state index in [1.165, 1.54) is 11.3 Å². The highest BCUT2D eigenvalue weighted by Crippen LogP contribution is 2.37. The molecule has 2 aromatic rings. The number of rotatable bonds is 1. The summed E-state index contributed by atoms with van der Waals surface area (Å²) in [6, 6.07) is 8.03. The Morgan fingerprint density at radius 1 is 1.44 bits per heavy atom. The molecule has 0 spiro atoms. The lowest BCUT2D eigenvalue weighted by molar-refractivity contribution is 0.439. The summed E-state index contributed by atoms with van der Waals surface area (Å²) in [5.74, 6) is 0.355. The molecule has 2 heterocycles. The molecule has 3 rings (SSSR count). The van der Waals surface area contributed by atoms with Gasteiger partial charge in [0.1, 0.15) is 5.69 Å². The largest absolute Gasteiger partial charge is 0.373 e. The average molecular weight is 215 g/mol. The fourth-order valence-corrected chi connectivity index (χ4v) is 2.27. The average Bonchev–Trinajstić information content (AvgIpc) is 2.86. The van der Waals surface area contributed by atoms with Gasteiger partial charge in [0.2, 0.25) is 5.88 Å². The molecular formula is C12H13N3O.